The summed E-state index contributed by atoms with van der Waals surface area (Å²) in [4.78, 5) is 0.287. The van der Waals surface area contributed by atoms with Gasteiger partial charge in [-0.2, -0.15) is 0 Å². The van der Waals surface area contributed by atoms with Crippen LogP contribution in [-0.2, 0) is 21.1 Å². The molecule has 2 rings (SSSR count). The van der Waals surface area contributed by atoms with Crippen molar-refractivity contribution in [2.75, 3.05) is 19.4 Å². The van der Waals surface area contributed by atoms with E-state index < -0.39 is 9.84 Å². The molecule has 1 aliphatic rings. The third kappa shape index (κ3) is 3.73. The van der Waals surface area contributed by atoms with Gasteiger partial charge in [0.05, 0.1) is 10.5 Å². The highest BCUT2D eigenvalue weighted by molar-refractivity contribution is 7.90. The lowest BCUT2D eigenvalue weighted by atomic mass is 10.0. The molecule has 0 saturated carbocycles. The van der Waals surface area contributed by atoms with Gasteiger partial charge in [0.25, 0.3) is 0 Å². The first-order valence-electron chi connectivity index (χ1n) is 6.64. The molecule has 1 aliphatic heterocycles. The van der Waals surface area contributed by atoms with E-state index in [0.29, 0.717) is 23.7 Å². The molecule has 20 heavy (non-hydrogen) atoms. The first-order chi connectivity index (χ1) is 9.32. The first-order valence-corrected chi connectivity index (χ1v) is 8.91. The molecular formula is C14H20ClNO3S. The Hall–Kier alpha value is -0.620. The fraction of sp³-hybridized carbons (Fsp3) is 0.571. The van der Waals surface area contributed by atoms with Crippen LogP contribution in [-0.4, -0.2) is 33.4 Å². The molecule has 4 nitrogen and oxygen atoms in total. The number of benzene rings is 1. The second-order valence-corrected chi connectivity index (χ2v) is 7.89. The van der Waals surface area contributed by atoms with E-state index in [1.165, 1.54) is 6.26 Å². The highest BCUT2D eigenvalue weighted by Gasteiger charge is 2.29. The predicted octanol–water partition coefficient (Wildman–Crippen LogP) is 2.40. The van der Waals surface area contributed by atoms with Gasteiger partial charge in [-0.3, -0.25) is 0 Å². The molecule has 1 atom stereocenters. The largest absolute Gasteiger partial charge is 0.374 e. The molecule has 1 fully saturated rings. The molecule has 6 heteroatoms. The standard InChI is InChI=1S/C14H20ClNO3S/c1-14(7-4-8-19-14)10-16-9-11-12(15)5-3-6-13(11)20(2,17)18/h3,5-6,16H,4,7-10H2,1-2H3. The van der Waals surface area contributed by atoms with Gasteiger partial charge in [0.1, 0.15) is 0 Å². The summed E-state index contributed by atoms with van der Waals surface area (Å²) in [6, 6.07) is 4.96. The summed E-state index contributed by atoms with van der Waals surface area (Å²) in [5, 5.41) is 3.73. The fourth-order valence-electron chi connectivity index (χ4n) is 2.49. The molecule has 1 saturated heterocycles. The third-order valence-electron chi connectivity index (χ3n) is 3.58. The van der Waals surface area contributed by atoms with Crippen molar-refractivity contribution >= 4 is 21.4 Å². The summed E-state index contributed by atoms with van der Waals surface area (Å²) < 4.78 is 29.2. The van der Waals surface area contributed by atoms with Gasteiger partial charge in [0, 0.05) is 36.5 Å². The average Bonchev–Trinajstić information content (AvgIpc) is 2.77. The Labute approximate surface area is 125 Å². The van der Waals surface area contributed by atoms with Gasteiger partial charge < -0.3 is 10.1 Å². The van der Waals surface area contributed by atoms with Crippen LogP contribution in [0, 0.1) is 0 Å². The molecule has 0 aromatic heterocycles. The van der Waals surface area contributed by atoms with Gasteiger partial charge in [-0.15, -0.1) is 0 Å². The second-order valence-electron chi connectivity index (χ2n) is 5.49. The molecule has 0 spiro atoms. The minimum Gasteiger partial charge on any atom is -0.374 e. The minimum atomic E-state index is -3.28. The Balaban J connectivity index is 2.09. The highest BCUT2D eigenvalue weighted by atomic mass is 35.5. The normalized spacial score (nSPS) is 23.1. The zero-order valence-electron chi connectivity index (χ0n) is 11.8. The lowest BCUT2D eigenvalue weighted by Crippen LogP contribution is -2.37. The van der Waals surface area contributed by atoms with Crippen LogP contribution in [0.25, 0.3) is 0 Å². The van der Waals surface area contributed by atoms with E-state index in [-0.39, 0.29) is 10.5 Å². The van der Waals surface area contributed by atoms with Crippen molar-refractivity contribution in [1.29, 1.82) is 0 Å². The van der Waals surface area contributed by atoms with Gasteiger partial charge in [-0.05, 0) is 31.9 Å². The van der Waals surface area contributed by atoms with Crippen LogP contribution < -0.4 is 5.32 Å². The molecule has 1 heterocycles. The summed E-state index contributed by atoms with van der Waals surface area (Å²) in [5.74, 6) is 0. The summed E-state index contributed by atoms with van der Waals surface area (Å²) in [5.41, 5.74) is 0.463. The van der Waals surface area contributed by atoms with Gasteiger partial charge in [0.2, 0.25) is 0 Å². The van der Waals surface area contributed by atoms with Gasteiger partial charge >= 0.3 is 0 Å². The Bertz CT molecular complexity index is 580. The average molecular weight is 318 g/mol. The van der Waals surface area contributed by atoms with Gasteiger partial charge in [-0.1, -0.05) is 17.7 Å². The number of ether oxygens (including phenoxy) is 1. The number of sulfone groups is 1. The van der Waals surface area contributed by atoms with Crippen molar-refractivity contribution < 1.29 is 13.2 Å². The fourth-order valence-corrected chi connectivity index (χ4v) is 3.74. The maximum absolute atomic E-state index is 11.8. The van der Waals surface area contributed by atoms with Crippen LogP contribution in [0.5, 0.6) is 0 Å². The number of rotatable bonds is 5. The van der Waals surface area contributed by atoms with Crippen LogP contribution in [0.1, 0.15) is 25.3 Å². The minimum absolute atomic E-state index is 0.160. The Kier molecular flexibility index (Phi) is 4.74. The summed E-state index contributed by atoms with van der Waals surface area (Å²) in [7, 11) is -3.28. The molecule has 1 N–H and O–H groups in total. The molecule has 0 radical (unpaired) electrons. The first kappa shape index (κ1) is 15.8. The molecule has 1 unspecified atom stereocenters. The van der Waals surface area contributed by atoms with Crippen molar-refractivity contribution in [2.45, 2.75) is 36.8 Å². The summed E-state index contributed by atoms with van der Waals surface area (Å²) in [6.07, 6.45) is 3.28. The molecule has 112 valence electrons. The third-order valence-corrected chi connectivity index (χ3v) is 5.11. The van der Waals surface area contributed by atoms with Gasteiger partial charge in [0.15, 0.2) is 9.84 Å². The number of halogens is 1. The van der Waals surface area contributed by atoms with Crippen molar-refractivity contribution in [3.63, 3.8) is 0 Å². The van der Waals surface area contributed by atoms with Crippen molar-refractivity contribution in [3.8, 4) is 0 Å². The number of nitrogens with one attached hydrogen (secondary N) is 1. The lowest BCUT2D eigenvalue weighted by Gasteiger charge is -2.24. The van der Waals surface area contributed by atoms with Crippen LogP contribution in [0.3, 0.4) is 0 Å². The van der Waals surface area contributed by atoms with Crippen molar-refractivity contribution in [3.05, 3.63) is 28.8 Å². The molecule has 0 amide bonds. The Morgan fingerprint density at radius 1 is 1.45 bits per heavy atom. The van der Waals surface area contributed by atoms with Crippen LogP contribution in [0.2, 0.25) is 5.02 Å². The molecular weight excluding hydrogens is 298 g/mol. The highest BCUT2D eigenvalue weighted by Crippen LogP contribution is 2.26. The molecule has 1 aromatic rings. The summed E-state index contributed by atoms with van der Waals surface area (Å²) in [6.45, 7) is 3.96. The quantitative estimate of drug-likeness (QED) is 0.906. The van der Waals surface area contributed by atoms with E-state index in [1.807, 2.05) is 0 Å². The smallest absolute Gasteiger partial charge is 0.175 e. The van der Waals surface area contributed by atoms with E-state index >= 15 is 0 Å². The van der Waals surface area contributed by atoms with E-state index in [1.54, 1.807) is 18.2 Å². The van der Waals surface area contributed by atoms with Crippen molar-refractivity contribution in [1.82, 2.24) is 5.32 Å². The summed E-state index contributed by atoms with van der Waals surface area (Å²) >= 11 is 6.13. The lowest BCUT2D eigenvalue weighted by molar-refractivity contribution is 0.0206. The topological polar surface area (TPSA) is 55.4 Å². The number of hydrogen-bond donors (Lipinski definition) is 1. The van der Waals surface area contributed by atoms with E-state index in [4.69, 9.17) is 16.3 Å². The molecule has 0 bridgehead atoms. The maximum Gasteiger partial charge on any atom is 0.175 e. The zero-order valence-corrected chi connectivity index (χ0v) is 13.4. The number of hydrogen-bond acceptors (Lipinski definition) is 4. The zero-order chi connectivity index (χ0) is 14.8. The van der Waals surface area contributed by atoms with Crippen LogP contribution in [0.15, 0.2) is 23.1 Å². The molecule has 0 aliphatic carbocycles. The predicted molar refractivity (Wildman–Crippen MR) is 79.9 cm³/mol. The van der Waals surface area contributed by atoms with Crippen molar-refractivity contribution in [2.24, 2.45) is 0 Å². The van der Waals surface area contributed by atoms with E-state index in [2.05, 4.69) is 12.2 Å². The molecule has 1 aromatic carbocycles. The Morgan fingerprint density at radius 2 is 2.20 bits per heavy atom. The van der Waals surface area contributed by atoms with E-state index in [0.717, 1.165) is 19.4 Å². The second kappa shape index (κ2) is 6.02. The van der Waals surface area contributed by atoms with Gasteiger partial charge in [-0.25, -0.2) is 8.42 Å². The maximum atomic E-state index is 11.8. The Morgan fingerprint density at radius 3 is 2.80 bits per heavy atom. The van der Waals surface area contributed by atoms with Crippen LogP contribution in [0.4, 0.5) is 0 Å². The van der Waals surface area contributed by atoms with Crippen LogP contribution >= 0.6 is 11.6 Å². The SMILES string of the molecule is CC1(CNCc2c(Cl)cccc2S(C)(=O)=O)CCCO1. The van der Waals surface area contributed by atoms with E-state index in [9.17, 15) is 8.42 Å². The monoisotopic (exact) mass is 317 g/mol.